The van der Waals surface area contributed by atoms with Crippen LogP contribution in [0.2, 0.25) is 0 Å². The molecule has 1 saturated heterocycles. The molecule has 2 heterocycles. The molecular weight excluding hydrogens is 260 g/mol. The van der Waals surface area contributed by atoms with Crippen LogP contribution >= 0.6 is 0 Å². The second kappa shape index (κ2) is 7.18. The highest BCUT2D eigenvalue weighted by molar-refractivity contribution is 5.67. The lowest BCUT2D eigenvalue weighted by Gasteiger charge is -2.33. The molecule has 0 saturated carbocycles. The lowest BCUT2D eigenvalue weighted by Crippen LogP contribution is -2.48. The van der Waals surface area contributed by atoms with Gasteiger partial charge in [-0.1, -0.05) is 6.92 Å². The summed E-state index contributed by atoms with van der Waals surface area (Å²) in [7, 11) is 0. The van der Waals surface area contributed by atoms with Gasteiger partial charge in [0.2, 0.25) is 0 Å². The Morgan fingerprint density at radius 1 is 1.25 bits per heavy atom. The molecule has 8 nitrogen and oxygen atoms in total. The first-order chi connectivity index (χ1) is 9.74. The number of amides is 1. The van der Waals surface area contributed by atoms with Crippen LogP contribution in [0.5, 0.6) is 0 Å². The van der Waals surface area contributed by atoms with Gasteiger partial charge < -0.3 is 9.64 Å². The van der Waals surface area contributed by atoms with E-state index in [2.05, 4.69) is 27.3 Å². The van der Waals surface area contributed by atoms with Crippen molar-refractivity contribution >= 4 is 6.09 Å². The highest BCUT2D eigenvalue weighted by Gasteiger charge is 2.23. The molecule has 0 bridgehead atoms. The van der Waals surface area contributed by atoms with Gasteiger partial charge in [-0.3, -0.25) is 4.90 Å². The summed E-state index contributed by atoms with van der Waals surface area (Å²) in [5, 5.41) is 11.8. The lowest BCUT2D eigenvalue weighted by atomic mass is 10.3. The molecule has 0 unspecified atom stereocenters. The number of carbonyl (C=O) groups excluding carboxylic acids is 1. The number of rotatable bonds is 5. The maximum atomic E-state index is 11.6. The Hall–Kier alpha value is -1.70. The summed E-state index contributed by atoms with van der Waals surface area (Å²) in [6.45, 7) is 8.92. The Bertz CT molecular complexity index is 427. The maximum absolute atomic E-state index is 11.6. The van der Waals surface area contributed by atoms with Gasteiger partial charge in [0, 0.05) is 32.7 Å². The van der Waals surface area contributed by atoms with Crippen molar-refractivity contribution in [2.45, 2.75) is 33.4 Å². The second-order valence-corrected chi connectivity index (χ2v) is 4.78. The molecule has 20 heavy (non-hydrogen) atoms. The van der Waals surface area contributed by atoms with Crippen LogP contribution in [0.3, 0.4) is 0 Å². The molecule has 2 rings (SSSR count). The lowest BCUT2D eigenvalue weighted by molar-refractivity contribution is 0.0767. The standard InChI is InChI=1S/C12H22N6O2/c1-3-5-18-11(13-14-15-18)10-16-6-8-17(9-7-16)12(19)20-4-2/h3-10H2,1-2H3. The molecule has 0 N–H and O–H groups in total. The van der Waals surface area contributed by atoms with E-state index < -0.39 is 0 Å². The number of hydrogen-bond acceptors (Lipinski definition) is 6. The first kappa shape index (κ1) is 14.7. The zero-order chi connectivity index (χ0) is 14.4. The molecule has 0 spiro atoms. The summed E-state index contributed by atoms with van der Waals surface area (Å²) in [4.78, 5) is 15.6. The van der Waals surface area contributed by atoms with E-state index in [0.717, 1.165) is 38.4 Å². The minimum absolute atomic E-state index is 0.219. The van der Waals surface area contributed by atoms with E-state index in [9.17, 15) is 4.79 Å². The molecular formula is C12H22N6O2. The molecule has 112 valence electrons. The van der Waals surface area contributed by atoms with E-state index in [0.29, 0.717) is 19.7 Å². The highest BCUT2D eigenvalue weighted by atomic mass is 16.6. The Morgan fingerprint density at radius 2 is 2.00 bits per heavy atom. The van der Waals surface area contributed by atoms with Crippen LogP contribution < -0.4 is 0 Å². The predicted molar refractivity (Wildman–Crippen MR) is 72.0 cm³/mol. The molecule has 0 aromatic carbocycles. The first-order valence-corrected chi connectivity index (χ1v) is 7.13. The van der Waals surface area contributed by atoms with Crippen molar-refractivity contribution in [1.29, 1.82) is 0 Å². The summed E-state index contributed by atoms with van der Waals surface area (Å²) in [5.41, 5.74) is 0. The van der Waals surface area contributed by atoms with E-state index in [1.54, 1.807) is 4.90 Å². The highest BCUT2D eigenvalue weighted by Crippen LogP contribution is 2.07. The van der Waals surface area contributed by atoms with Gasteiger partial charge in [0.25, 0.3) is 0 Å². The first-order valence-electron chi connectivity index (χ1n) is 7.13. The molecule has 1 aliphatic rings. The Labute approximate surface area is 118 Å². The Morgan fingerprint density at radius 3 is 2.65 bits per heavy atom. The second-order valence-electron chi connectivity index (χ2n) is 4.78. The maximum Gasteiger partial charge on any atom is 0.409 e. The summed E-state index contributed by atoms with van der Waals surface area (Å²) >= 11 is 0. The van der Waals surface area contributed by atoms with Crippen molar-refractivity contribution in [2.75, 3.05) is 32.8 Å². The molecule has 0 aliphatic carbocycles. The van der Waals surface area contributed by atoms with Crippen LogP contribution in [-0.2, 0) is 17.8 Å². The summed E-state index contributed by atoms with van der Waals surface area (Å²) in [5.74, 6) is 0.886. The molecule has 0 radical (unpaired) electrons. The fraction of sp³-hybridized carbons (Fsp3) is 0.833. The quantitative estimate of drug-likeness (QED) is 0.776. The number of nitrogens with zero attached hydrogens (tertiary/aromatic N) is 6. The fourth-order valence-corrected chi connectivity index (χ4v) is 2.23. The van der Waals surface area contributed by atoms with Gasteiger partial charge >= 0.3 is 6.09 Å². The van der Waals surface area contributed by atoms with Crippen molar-refractivity contribution in [3.63, 3.8) is 0 Å². The number of tetrazole rings is 1. The molecule has 1 aliphatic heterocycles. The molecule has 1 aromatic rings. The molecule has 1 amide bonds. The summed E-state index contributed by atoms with van der Waals surface area (Å²) in [6, 6.07) is 0. The van der Waals surface area contributed by atoms with Crippen LogP contribution in [0, 0.1) is 0 Å². The number of aryl methyl sites for hydroxylation is 1. The Balaban J connectivity index is 1.82. The van der Waals surface area contributed by atoms with Gasteiger partial charge in [-0.15, -0.1) is 5.10 Å². The number of piperazine rings is 1. The van der Waals surface area contributed by atoms with Gasteiger partial charge in [-0.05, 0) is 23.8 Å². The molecule has 1 fully saturated rings. The van der Waals surface area contributed by atoms with E-state index in [1.165, 1.54) is 0 Å². The van der Waals surface area contributed by atoms with Gasteiger partial charge in [0.1, 0.15) is 0 Å². The third-order valence-corrected chi connectivity index (χ3v) is 3.30. The number of hydrogen-bond donors (Lipinski definition) is 0. The van der Waals surface area contributed by atoms with Gasteiger partial charge in [0.05, 0.1) is 13.2 Å². The van der Waals surface area contributed by atoms with E-state index in [4.69, 9.17) is 4.74 Å². The number of ether oxygens (including phenoxy) is 1. The molecule has 1 aromatic heterocycles. The van der Waals surface area contributed by atoms with E-state index in [-0.39, 0.29) is 6.09 Å². The zero-order valence-corrected chi connectivity index (χ0v) is 12.2. The van der Waals surface area contributed by atoms with E-state index in [1.807, 2.05) is 11.6 Å². The van der Waals surface area contributed by atoms with Crippen LogP contribution in [0.15, 0.2) is 0 Å². The van der Waals surface area contributed by atoms with E-state index >= 15 is 0 Å². The minimum atomic E-state index is -0.219. The topological polar surface area (TPSA) is 76.4 Å². The molecule has 8 heteroatoms. The predicted octanol–water partition coefficient (Wildman–Crippen LogP) is 0.357. The SMILES string of the molecule is CCCn1nnnc1CN1CCN(C(=O)OCC)CC1. The van der Waals surface area contributed by atoms with Gasteiger partial charge in [0.15, 0.2) is 5.82 Å². The average Bonchev–Trinajstić information content (AvgIpc) is 2.88. The van der Waals surface area contributed by atoms with Gasteiger partial charge in [-0.2, -0.15) is 0 Å². The fourth-order valence-electron chi connectivity index (χ4n) is 2.23. The third kappa shape index (κ3) is 3.66. The monoisotopic (exact) mass is 282 g/mol. The third-order valence-electron chi connectivity index (χ3n) is 3.30. The van der Waals surface area contributed by atoms with Crippen molar-refractivity contribution in [3.05, 3.63) is 5.82 Å². The molecule has 0 atom stereocenters. The largest absolute Gasteiger partial charge is 0.450 e. The van der Waals surface area contributed by atoms with Gasteiger partial charge in [-0.25, -0.2) is 9.48 Å². The van der Waals surface area contributed by atoms with Crippen LogP contribution in [0.25, 0.3) is 0 Å². The average molecular weight is 282 g/mol. The number of aromatic nitrogens is 4. The van der Waals surface area contributed by atoms with Crippen molar-refractivity contribution in [2.24, 2.45) is 0 Å². The zero-order valence-electron chi connectivity index (χ0n) is 12.2. The van der Waals surface area contributed by atoms with Crippen LogP contribution in [0.1, 0.15) is 26.1 Å². The van der Waals surface area contributed by atoms with Crippen molar-refractivity contribution in [3.8, 4) is 0 Å². The van der Waals surface area contributed by atoms with Crippen molar-refractivity contribution < 1.29 is 9.53 Å². The summed E-state index contributed by atoms with van der Waals surface area (Å²) in [6.07, 6.45) is 0.789. The summed E-state index contributed by atoms with van der Waals surface area (Å²) < 4.78 is 6.85. The van der Waals surface area contributed by atoms with Crippen molar-refractivity contribution in [1.82, 2.24) is 30.0 Å². The van der Waals surface area contributed by atoms with Crippen LogP contribution in [-0.4, -0.2) is 68.9 Å². The normalized spacial score (nSPS) is 16.4. The number of carbonyl (C=O) groups is 1. The minimum Gasteiger partial charge on any atom is -0.450 e. The smallest absolute Gasteiger partial charge is 0.409 e. The van der Waals surface area contributed by atoms with Crippen LogP contribution in [0.4, 0.5) is 4.79 Å². The Kier molecular flexibility index (Phi) is 5.28.